The largest absolute Gasteiger partial charge is 0.454 e. The number of para-hydroxylation sites is 2. The summed E-state index contributed by atoms with van der Waals surface area (Å²) in [5.74, 6) is 0. The van der Waals surface area contributed by atoms with Crippen molar-refractivity contribution in [1.82, 2.24) is 0 Å². The Morgan fingerprint density at radius 3 is 2.10 bits per heavy atom. The summed E-state index contributed by atoms with van der Waals surface area (Å²) in [6.45, 7) is 0. The fourth-order valence-electron chi connectivity index (χ4n) is 7.84. The molecule has 0 unspecified atom stereocenters. The molecule has 6 aromatic carbocycles. The van der Waals surface area contributed by atoms with E-state index >= 15 is 0 Å². The van der Waals surface area contributed by atoms with Gasteiger partial charge >= 0.3 is 0 Å². The van der Waals surface area contributed by atoms with Crippen LogP contribution in [0.3, 0.4) is 0 Å². The quantitative estimate of drug-likeness (QED) is 0.185. The molecule has 0 atom stereocenters. The van der Waals surface area contributed by atoms with Crippen LogP contribution < -0.4 is 4.90 Å². The van der Waals surface area contributed by atoms with Crippen LogP contribution in [0.15, 0.2) is 173 Å². The van der Waals surface area contributed by atoms with E-state index in [-0.39, 0.29) is 0 Å². The van der Waals surface area contributed by atoms with Crippen LogP contribution in [-0.2, 0) is 0 Å². The second kappa shape index (κ2) is 11.5. The molecule has 0 spiro atoms. The first-order chi connectivity index (χ1) is 24.3. The molecular formula is C46H33NOS. The molecule has 234 valence electrons. The van der Waals surface area contributed by atoms with E-state index < -0.39 is 0 Å². The molecule has 2 aliphatic carbocycles. The summed E-state index contributed by atoms with van der Waals surface area (Å²) < 4.78 is 9.27. The average Bonchev–Trinajstić information content (AvgIpc) is 3.74. The van der Waals surface area contributed by atoms with Gasteiger partial charge in [0.1, 0.15) is 5.58 Å². The number of fused-ring (bicyclic) bond motifs is 6. The number of allylic oxidation sites excluding steroid dienone is 5. The Morgan fingerprint density at radius 1 is 0.551 bits per heavy atom. The second-order valence-electron chi connectivity index (χ2n) is 13.1. The van der Waals surface area contributed by atoms with Gasteiger partial charge in [-0.05, 0) is 102 Å². The number of thiophene rings is 1. The monoisotopic (exact) mass is 647 g/mol. The molecule has 0 saturated heterocycles. The molecule has 0 bridgehead atoms. The van der Waals surface area contributed by atoms with E-state index in [1.165, 1.54) is 59.3 Å². The third-order valence-electron chi connectivity index (χ3n) is 10.2. The number of nitrogens with zero attached hydrogens (tertiary/aromatic N) is 1. The fourth-order valence-corrected chi connectivity index (χ4v) is 8.92. The van der Waals surface area contributed by atoms with Crippen molar-refractivity contribution in [2.24, 2.45) is 0 Å². The molecule has 3 heteroatoms. The molecule has 0 aliphatic heterocycles. The van der Waals surface area contributed by atoms with Crippen LogP contribution >= 0.6 is 11.3 Å². The van der Waals surface area contributed by atoms with Crippen molar-refractivity contribution in [3.05, 3.63) is 169 Å². The first kappa shape index (κ1) is 28.4. The summed E-state index contributed by atoms with van der Waals surface area (Å²) in [5, 5.41) is 4.97. The first-order valence-electron chi connectivity index (χ1n) is 17.2. The molecular weight excluding hydrogens is 615 g/mol. The zero-order valence-electron chi connectivity index (χ0n) is 27.0. The van der Waals surface area contributed by atoms with Crippen LogP contribution in [0, 0.1) is 0 Å². The maximum Gasteiger partial charge on any atom is 0.159 e. The van der Waals surface area contributed by atoms with E-state index in [1.54, 1.807) is 0 Å². The molecule has 0 N–H and O–H groups in total. The predicted octanol–water partition coefficient (Wildman–Crippen LogP) is 13.8. The highest BCUT2D eigenvalue weighted by molar-refractivity contribution is 7.25. The van der Waals surface area contributed by atoms with Crippen LogP contribution in [-0.4, -0.2) is 0 Å². The summed E-state index contributed by atoms with van der Waals surface area (Å²) in [6.07, 6.45) is 11.4. The van der Waals surface area contributed by atoms with Crippen molar-refractivity contribution in [1.29, 1.82) is 0 Å². The van der Waals surface area contributed by atoms with Gasteiger partial charge in [-0.3, -0.25) is 0 Å². The van der Waals surface area contributed by atoms with Gasteiger partial charge in [0.2, 0.25) is 0 Å². The van der Waals surface area contributed by atoms with Gasteiger partial charge in [-0.1, -0.05) is 109 Å². The summed E-state index contributed by atoms with van der Waals surface area (Å²) in [4.78, 5) is 2.44. The molecule has 10 rings (SSSR count). The van der Waals surface area contributed by atoms with Crippen molar-refractivity contribution in [3.63, 3.8) is 0 Å². The van der Waals surface area contributed by atoms with E-state index in [9.17, 15) is 0 Å². The minimum atomic E-state index is 0.922. The van der Waals surface area contributed by atoms with Crippen molar-refractivity contribution < 1.29 is 4.42 Å². The van der Waals surface area contributed by atoms with Gasteiger partial charge in [0.05, 0.1) is 5.69 Å². The van der Waals surface area contributed by atoms with Gasteiger partial charge in [-0.2, -0.15) is 0 Å². The van der Waals surface area contributed by atoms with Crippen LogP contribution in [0.5, 0.6) is 0 Å². The Morgan fingerprint density at radius 2 is 1.24 bits per heavy atom. The molecule has 2 nitrogen and oxygen atoms in total. The highest BCUT2D eigenvalue weighted by atomic mass is 32.1. The van der Waals surface area contributed by atoms with Crippen molar-refractivity contribution in [2.75, 3.05) is 4.90 Å². The van der Waals surface area contributed by atoms with E-state index in [0.29, 0.717) is 0 Å². The van der Waals surface area contributed by atoms with Gasteiger partial charge in [0.15, 0.2) is 5.58 Å². The number of anilines is 2. The average molecular weight is 648 g/mol. The van der Waals surface area contributed by atoms with Crippen molar-refractivity contribution in [3.8, 4) is 22.3 Å². The van der Waals surface area contributed by atoms with Crippen LogP contribution in [0.4, 0.5) is 11.4 Å². The Hall–Kier alpha value is -5.64. The number of furan rings is 1. The van der Waals surface area contributed by atoms with E-state index in [2.05, 4.69) is 151 Å². The zero-order valence-corrected chi connectivity index (χ0v) is 27.8. The zero-order chi connectivity index (χ0) is 32.3. The van der Waals surface area contributed by atoms with Gasteiger partial charge < -0.3 is 9.32 Å². The van der Waals surface area contributed by atoms with Gasteiger partial charge in [0, 0.05) is 42.3 Å². The molecule has 2 aliphatic rings. The van der Waals surface area contributed by atoms with Crippen molar-refractivity contribution >= 4 is 64.8 Å². The molecule has 0 radical (unpaired) electrons. The Kier molecular flexibility index (Phi) is 6.66. The summed E-state index contributed by atoms with van der Waals surface area (Å²) in [5.41, 5.74) is 13.2. The predicted molar refractivity (Wildman–Crippen MR) is 209 cm³/mol. The maximum absolute atomic E-state index is 6.60. The molecule has 2 aromatic heterocycles. The molecule has 0 fully saturated rings. The standard InChI is InChI=1S/C46H33NOS/c1-2-11-36-33(9-1)10-7-15-41(36)47(42-16-8-14-39-37-12-3-5-17-43(37)48-46(39)42)35-26-23-31(24-27-35)30-19-21-32(22-20-30)34-25-28-45-40(29-34)38-13-4-6-18-44(38)49-45/h1,3-6,8-9,12-29H,2,7,10-11H2. The first-order valence-corrected chi connectivity index (χ1v) is 18.0. The topological polar surface area (TPSA) is 16.4 Å². The highest BCUT2D eigenvalue weighted by Gasteiger charge is 2.26. The minimum Gasteiger partial charge on any atom is -0.454 e. The Labute approximate surface area is 289 Å². The highest BCUT2D eigenvalue weighted by Crippen LogP contribution is 2.45. The lowest BCUT2D eigenvalue weighted by atomic mass is 9.87. The molecule has 0 saturated carbocycles. The van der Waals surface area contributed by atoms with Crippen molar-refractivity contribution in [2.45, 2.75) is 25.7 Å². The maximum atomic E-state index is 6.60. The Balaban J connectivity index is 1.03. The number of benzene rings is 6. The normalized spacial score (nSPS) is 14.6. The van der Waals surface area contributed by atoms with Gasteiger partial charge in [-0.15, -0.1) is 11.3 Å². The third-order valence-corrected chi connectivity index (χ3v) is 11.4. The van der Waals surface area contributed by atoms with Gasteiger partial charge in [-0.25, -0.2) is 0 Å². The van der Waals surface area contributed by atoms with Crippen LogP contribution in [0.25, 0.3) is 64.4 Å². The number of hydrogen-bond acceptors (Lipinski definition) is 3. The lowest BCUT2D eigenvalue weighted by Gasteiger charge is -2.33. The van der Waals surface area contributed by atoms with Crippen LogP contribution in [0.2, 0.25) is 0 Å². The SMILES string of the molecule is C1=CC2=C(CC1)C(N(c1ccc(-c3ccc(-c4ccc5sc6ccccc6c5c4)cc3)cc1)c1cccc3c1oc1ccccc13)=CCC2. The fraction of sp³-hybridized carbons (Fsp3) is 0.0870. The summed E-state index contributed by atoms with van der Waals surface area (Å²) >= 11 is 1.86. The number of hydrogen-bond donors (Lipinski definition) is 0. The summed E-state index contributed by atoms with van der Waals surface area (Å²) in [7, 11) is 0. The molecule has 8 aromatic rings. The van der Waals surface area contributed by atoms with E-state index in [4.69, 9.17) is 4.42 Å². The minimum absolute atomic E-state index is 0.922. The Bertz CT molecular complexity index is 2650. The summed E-state index contributed by atoms with van der Waals surface area (Å²) in [6, 6.07) is 48.6. The number of rotatable bonds is 5. The molecule has 0 amide bonds. The smallest absolute Gasteiger partial charge is 0.159 e. The second-order valence-corrected chi connectivity index (χ2v) is 14.2. The van der Waals surface area contributed by atoms with E-state index in [0.717, 1.165) is 59.0 Å². The van der Waals surface area contributed by atoms with E-state index in [1.807, 2.05) is 17.4 Å². The third kappa shape index (κ3) is 4.76. The van der Waals surface area contributed by atoms with Gasteiger partial charge in [0.25, 0.3) is 0 Å². The lowest BCUT2D eigenvalue weighted by Crippen LogP contribution is -2.21. The van der Waals surface area contributed by atoms with Crippen LogP contribution in [0.1, 0.15) is 25.7 Å². The molecule has 49 heavy (non-hydrogen) atoms. The molecule has 2 heterocycles. The lowest BCUT2D eigenvalue weighted by molar-refractivity contribution is 0.668.